The molecule has 0 unspecified atom stereocenters. The zero-order chi connectivity index (χ0) is 92.5. The number of amidine groups is 2. The van der Waals surface area contributed by atoms with Crippen molar-refractivity contribution in [1.29, 1.82) is 0 Å². The molecule has 131 heavy (non-hydrogen) atoms. The number of carbonyl (C=O) groups is 5. The van der Waals surface area contributed by atoms with E-state index in [4.69, 9.17) is 69.1 Å². The second-order valence-electron chi connectivity index (χ2n) is 23.3. The van der Waals surface area contributed by atoms with Crippen LogP contribution in [0, 0.1) is 78.3 Å². The van der Waals surface area contributed by atoms with Gasteiger partial charge in [-0.1, -0.05) is 74.3 Å². The predicted molar refractivity (Wildman–Crippen MR) is 465 cm³/mol. The fourth-order valence-electron chi connectivity index (χ4n) is 8.63. The van der Waals surface area contributed by atoms with Crippen molar-refractivity contribution in [2.45, 2.75) is 75.1 Å². The summed E-state index contributed by atoms with van der Waals surface area (Å²) in [4.78, 5) is 127. The van der Waals surface area contributed by atoms with Crippen LogP contribution in [0.1, 0.15) is 100 Å². The first-order valence-electron chi connectivity index (χ1n) is 35.0. The molecule has 4 aromatic heterocycles. The van der Waals surface area contributed by atoms with Crippen LogP contribution in [0.5, 0.6) is 0 Å². The third kappa shape index (κ3) is 47.9. The van der Waals surface area contributed by atoms with E-state index in [9.17, 15) is 74.5 Å². The fraction of sp³-hybridized carbons (Fsp3) is 0.271. The quantitative estimate of drug-likeness (QED) is 0.00435. The summed E-state index contributed by atoms with van der Waals surface area (Å²) < 4.78 is 47.7. The number of aromatic carboxylic acids is 1. The van der Waals surface area contributed by atoms with Crippen molar-refractivity contribution in [2.24, 2.45) is 16.0 Å². The number of carbonyl (C=O) groups excluding carboxylic acids is 4. The van der Waals surface area contributed by atoms with Crippen molar-refractivity contribution in [2.75, 3.05) is 60.4 Å². The van der Waals surface area contributed by atoms with E-state index in [0.29, 0.717) is 53.0 Å². The van der Waals surface area contributed by atoms with Crippen LogP contribution in [0.3, 0.4) is 0 Å². The maximum atomic E-state index is 12.0. The molecule has 3 radical (unpaired) electrons. The van der Waals surface area contributed by atoms with Crippen LogP contribution in [-0.4, -0.2) is 296 Å². The molecule has 0 aliphatic rings. The SMILES string of the molecule is CCO.CCOC(=O)/C(=N/O)NC(=O)c1cc(C)ccc1[N+](=O)[O-].CCOC(=O)/C(N)=N/O.CCOC(=O)c1noc(-c2cc(C)ccc2[N+](=O)[O-])n1.CN(C)Cc1noc(-c2ccccc2N)n1.CN(C)Cc1noc(-c2ccccc2[N+](=O)[O-])n1.Cc1ccc([N+](=O)[O-])c(-c2nc(CO)no2)c1.Cc1ccc([N+](=O)[O-])c(C(=O)O)c1.O.O.O.O.O.O.O.OSO.[B].[H-].[Li+].[Na][Na]. The van der Waals surface area contributed by atoms with Crippen LogP contribution >= 0.6 is 12.3 Å². The molecule has 56 nitrogen and oxygen atoms in total. The molecule has 6 aromatic carbocycles. The Labute approximate surface area is 790 Å². The van der Waals surface area contributed by atoms with Crippen molar-refractivity contribution < 1.29 is 174 Å². The van der Waals surface area contributed by atoms with Gasteiger partial charge in [0, 0.05) is 51.0 Å². The number of hydrogen-bond donors (Lipinski definition) is 10. The fourth-order valence-corrected chi connectivity index (χ4v) is 8.63. The number of carboxylic acid groups (broad SMARTS) is 1. The summed E-state index contributed by atoms with van der Waals surface area (Å²) in [5, 5.41) is 117. The standard InChI is InChI=1S/C12H13N3O6.C12H11N3O5.C11H12N4O3.C11H14N4O.C10H9N3O4.C8H7NO4.C4H8N2O3.C2H6O.B.Li.2Na.H2O2S.7H2O.H/c1-3-21-12(17)10(14-18)13-11(16)8-6-7(2)4-5-9(8)15(19)20;1-3-19-12(16)10-13-11(20-14-10)8-6-7(2)4-5-9(8)15(17)18;1-14(2)7-10-12-11(18-13-10)8-5-3-4-6-9(8)15(16)17;1-15(2)7-10-13-11(16-14-10)8-5-3-4-6-9(8)12;1-6-2-3-8(13(15)16)7(4-6)10-11-9(5-14)12-17-10;1-5-2-3-7(9(12)13)6(4-5)8(10)11;1-2-9-4(7)3(5)6-8;1-2-3;;;;;1-3-2;;;;;;;;/h4-6,18H,3H2,1-2H3,(H,13,14,16);4-6H,3H2,1-2H3;3-6H,7H2,1-2H3;3-6H,7,12H2,1-2H3;2-4,14H,5H2,1H3;2-4H,1H3,(H,10,11);8H,2H2,1H3,(H2,5,6);3H,2H2,1H3;;;;;1-2H;7*1H2;/q;;;;;;;;;+1;;;;;;;;;;;-1. The molecule has 0 aliphatic heterocycles. The van der Waals surface area contributed by atoms with Gasteiger partial charge in [-0.05, 0) is 153 Å². The number of aliphatic hydroxyl groups excluding tert-OH is 2. The number of nitro groups is 5. The molecule has 26 N–H and O–H groups in total. The van der Waals surface area contributed by atoms with Gasteiger partial charge in [0.05, 0.1) is 63.1 Å². The van der Waals surface area contributed by atoms with Crippen molar-refractivity contribution in [3.63, 3.8) is 0 Å². The summed E-state index contributed by atoms with van der Waals surface area (Å²) in [5.41, 5.74) is 14.1. The molecule has 4 heterocycles. The van der Waals surface area contributed by atoms with E-state index < -0.39 is 71.8 Å². The second kappa shape index (κ2) is 73.1. The van der Waals surface area contributed by atoms with Crippen LogP contribution in [0.2, 0.25) is 0 Å². The number of benzene rings is 6. The predicted octanol–water partition coefficient (Wildman–Crippen LogP) is -0.591. The number of para-hydroxylation sites is 2. The number of carboxylic acids is 1. The summed E-state index contributed by atoms with van der Waals surface area (Å²) in [7, 11) is 7.65. The van der Waals surface area contributed by atoms with Crippen molar-refractivity contribution in [1.82, 2.24) is 55.7 Å². The molecule has 0 saturated heterocycles. The number of nitro benzene ring substituents is 5. The van der Waals surface area contributed by atoms with Gasteiger partial charge in [-0.3, -0.25) is 60.7 Å². The number of oxime groups is 2. The number of ether oxygens (including phenoxy) is 3. The van der Waals surface area contributed by atoms with E-state index in [0.717, 1.165) is 16.7 Å². The Morgan fingerprint density at radius 3 is 1.20 bits per heavy atom. The van der Waals surface area contributed by atoms with Crippen LogP contribution in [0.15, 0.2) is 150 Å². The van der Waals surface area contributed by atoms with Crippen LogP contribution in [-0.2, 0) is 43.5 Å². The van der Waals surface area contributed by atoms with Gasteiger partial charge < -0.3 is 128 Å². The van der Waals surface area contributed by atoms with E-state index >= 15 is 0 Å². The van der Waals surface area contributed by atoms with Gasteiger partial charge in [0.2, 0.25) is 5.84 Å². The number of amides is 1. The Kier molecular flexibility index (Phi) is 76.0. The molecular weight excluding hydrogens is 1790 g/mol. The third-order valence-corrected chi connectivity index (χ3v) is 13.6. The van der Waals surface area contributed by atoms with E-state index in [1.54, 1.807) is 90.9 Å². The number of nitrogens with two attached hydrogens (primary N) is 2. The number of nitrogen functional groups attached to an aromatic ring is 1. The number of rotatable bonds is 20. The van der Waals surface area contributed by atoms with Crippen LogP contribution < -0.4 is 35.6 Å². The summed E-state index contributed by atoms with van der Waals surface area (Å²) in [6.45, 7) is 14.8. The first-order chi connectivity index (χ1) is 57.8. The number of aromatic nitrogens is 8. The van der Waals surface area contributed by atoms with E-state index in [1.807, 2.05) is 67.6 Å². The molecule has 0 fully saturated rings. The molecular formula is C70H97BLiN20Na2O36S. The second-order valence-corrected chi connectivity index (χ2v) is 23.5. The average molecular weight is 1890 g/mol. The number of aliphatic hydroxyl groups is 2. The zero-order valence-electron chi connectivity index (χ0n) is 73.9. The molecule has 0 aliphatic carbocycles. The van der Waals surface area contributed by atoms with Gasteiger partial charge in [-0.25, -0.2) is 19.2 Å². The number of esters is 3. The first-order valence-corrected chi connectivity index (χ1v) is 43.7. The summed E-state index contributed by atoms with van der Waals surface area (Å²) >= 11 is 2.64. The number of anilines is 1. The molecule has 61 heteroatoms. The molecule has 0 saturated carbocycles. The Bertz CT molecular complexity index is 5200. The topological polar surface area (TPSA) is 942 Å². The molecule has 0 atom stereocenters. The van der Waals surface area contributed by atoms with Crippen LogP contribution in [0.25, 0.3) is 45.8 Å². The minimum absolute atomic E-state index is 0. The Morgan fingerprint density at radius 1 is 0.496 bits per heavy atom. The van der Waals surface area contributed by atoms with Gasteiger partial charge in [0.1, 0.15) is 34.4 Å². The number of aryl methyl sites for hydroxylation is 4. The molecule has 10 aromatic rings. The molecule has 705 valence electrons. The average Bonchev–Trinajstić information content (AvgIpc) is 1.72. The monoisotopic (exact) mass is 1890 g/mol. The van der Waals surface area contributed by atoms with E-state index in [-0.39, 0.29) is 187 Å². The van der Waals surface area contributed by atoms with Crippen molar-refractivity contribution in [3.05, 3.63) is 229 Å². The summed E-state index contributed by atoms with van der Waals surface area (Å²) in [6, 6.07) is 30.7. The molecule has 0 spiro atoms. The van der Waals surface area contributed by atoms with Gasteiger partial charge in [0.25, 0.3) is 69.6 Å². The van der Waals surface area contributed by atoms with E-state index in [1.165, 1.54) is 105 Å². The first kappa shape index (κ1) is 136. The Morgan fingerprint density at radius 2 is 0.824 bits per heavy atom. The Balaban J connectivity index is -0.000000162. The third-order valence-electron chi connectivity index (χ3n) is 13.6. The van der Waals surface area contributed by atoms with Crippen molar-refractivity contribution in [3.8, 4) is 45.8 Å². The van der Waals surface area contributed by atoms with Gasteiger partial charge in [-0.15, -0.1) is 0 Å². The molecule has 10 rings (SSSR count). The minimum atomic E-state index is -1.28. The Hall–Kier alpha value is -12.7. The number of nitrogens with one attached hydrogen (secondary N) is 1. The van der Waals surface area contributed by atoms with Gasteiger partial charge >= 0.3 is 86.4 Å². The zero-order valence-corrected chi connectivity index (χ0v) is 77.7. The number of hydrogen-bond acceptors (Lipinski definition) is 42. The maximum absolute atomic E-state index is 12.0. The number of nitrogens with zero attached hydrogens (tertiary/aromatic N) is 17. The molecule has 1 amide bonds. The van der Waals surface area contributed by atoms with Gasteiger partial charge in [0.15, 0.2) is 29.8 Å². The van der Waals surface area contributed by atoms with Crippen LogP contribution in [0.4, 0.5) is 34.1 Å². The normalized spacial score (nSPS) is 9.54. The van der Waals surface area contributed by atoms with E-state index in [2.05, 4.69) is 60.3 Å². The molecule has 0 bridgehead atoms. The van der Waals surface area contributed by atoms with Gasteiger partial charge in [-0.2, -0.15) is 19.9 Å². The summed E-state index contributed by atoms with van der Waals surface area (Å²) in [6.07, 6.45) is 0. The van der Waals surface area contributed by atoms with Crippen molar-refractivity contribution >= 4 is 140 Å². The summed E-state index contributed by atoms with van der Waals surface area (Å²) in [5.74, 6) is -4.57.